The molecule has 1 heterocycles. The van der Waals surface area contributed by atoms with Crippen molar-refractivity contribution in [3.63, 3.8) is 0 Å². The maximum absolute atomic E-state index is 12.1. The zero-order valence-electron chi connectivity index (χ0n) is 17.2. The van der Waals surface area contributed by atoms with Gasteiger partial charge in [-0.15, -0.1) is 0 Å². The van der Waals surface area contributed by atoms with Gasteiger partial charge in [0.1, 0.15) is 24.3 Å². The molecule has 2 aromatic rings. The summed E-state index contributed by atoms with van der Waals surface area (Å²) < 4.78 is 16.3. The first-order valence-corrected chi connectivity index (χ1v) is 9.16. The van der Waals surface area contributed by atoms with Crippen molar-refractivity contribution in [3.05, 3.63) is 59.8 Å². The van der Waals surface area contributed by atoms with Gasteiger partial charge in [0.2, 0.25) is 11.9 Å². The molecule has 0 saturated heterocycles. The van der Waals surface area contributed by atoms with E-state index >= 15 is 0 Å². The molecule has 0 fully saturated rings. The smallest absolute Gasteiger partial charge is 0.253 e. The van der Waals surface area contributed by atoms with E-state index in [-0.39, 0.29) is 24.1 Å². The summed E-state index contributed by atoms with van der Waals surface area (Å²) >= 11 is 0. The Hall–Kier alpha value is -3.50. The maximum atomic E-state index is 12.1. The monoisotopic (exact) mass is 412 g/mol. The lowest BCUT2D eigenvalue weighted by atomic mass is 10.0. The molecule has 1 amide bonds. The van der Waals surface area contributed by atoms with E-state index in [1.807, 2.05) is 12.1 Å². The van der Waals surface area contributed by atoms with E-state index in [4.69, 9.17) is 14.2 Å². The molecular formula is C20H24N6O4. The largest absolute Gasteiger partial charge is 0.498 e. The predicted octanol–water partition coefficient (Wildman–Crippen LogP) is 1.84. The van der Waals surface area contributed by atoms with E-state index in [2.05, 4.69) is 30.9 Å². The van der Waals surface area contributed by atoms with Gasteiger partial charge in [0, 0.05) is 33.0 Å². The molecule has 10 nitrogen and oxygen atoms in total. The fourth-order valence-electron chi connectivity index (χ4n) is 3.00. The molecule has 1 aromatic carbocycles. The van der Waals surface area contributed by atoms with Crippen LogP contribution in [0, 0.1) is 0 Å². The molecule has 1 aromatic heterocycles. The van der Waals surface area contributed by atoms with Gasteiger partial charge >= 0.3 is 0 Å². The van der Waals surface area contributed by atoms with Gasteiger partial charge < -0.3 is 30.2 Å². The average Bonchev–Trinajstić information content (AvgIpc) is 2.78. The Morgan fingerprint density at radius 1 is 1.03 bits per heavy atom. The lowest BCUT2D eigenvalue weighted by Gasteiger charge is -2.28. The number of carbonyl (C=O) groups excluding carboxylic acids is 1. The van der Waals surface area contributed by atoms with Crippen LogP contribution in [0.1, 0.15) is 10.4 Å². The van der Waals surface area contributed by atoms with E-state index in [0.29, 0.717) is 28.7 Å². The van der Waals surface area contributed by atoms with E-state index in [1.165, 1.54) is 6.33 Å². The van der Waals surface area contributed by atoms with Crippen molar-refractivity contribution in [1.29, 1.82) is 0 Å². The number of aromatic nitrogens is 3. The maximum Gasteiger partial charge on any atom is 0.253 e. The van der Waals surface area contributed by atoms with Crippen LogP contribution in [0.4, 0.5) is 17.6 Å². The minimum absolute atomic E-state index is 0.214. The second kappa shape index (κ2) is 9.81. The third kappa shape index (κ3) is 4.73. The topological polar surface area (TPSA) is 120 Å². The Balaban J connectivity index is 1.81. The Morgan fingerprint density at radius 3 is 2.43 bits per heavy atom. The Bertz CT molecular complexity index is 962. The van der Waals surface area contributed by atoms with Gasteiger partial charge in [-0.2, -0.15) is 4.98 Å². The molecule has 0 spiro atoms. The quantitative estimate of drug-likeness (QED) is 0.596. The number of rotatable bonds is 8. The number of methoxy groups -OCH3 is 3. The highest BCUT2D eigenvalue weighted by atomic mass is 16.6. The number of anilines is 3. The van der Waals surface area contributed by atoms with Crippen molar-refractivity contribution in [1.82, 2.24) is 20.3 Å². The van der Waals surface area contributed by atoms with Gasteiger partial charge in [-0.05, 0) is 18.2 Å². The highest BCUT2D eigenvalue weighted by molar-refractivity contribution is 5.99. The van der Waals surface area contributed by atoms with E-state index in [9.17, 15) is 4.79 Å². The lowest BCUT2D eigenvalue weighted by Crippen LogP contribution is -2.34. The third-order valence-electron chi connectivity index (χ3n) is 4.46. The molecule has 10 heteroatoms. The summed E-state index contributed by atoms with van der Waals surface area (Å²) in [6.45, 7) is 0. The molecule has 0 radical (unpaired) electrons. The first-order valence-electron chi connectivity index (χ1n) is 9.16. The number of para-hydroxylation sites is 1. The molecule has 0 aliphatic heterocycles. The molecule has 2 unspecified atom stereocenters. The molecule has 3 rings (SSSR count). The normalized spacial score (nSPS) is 18.1. The highest BCUT2D eigenvalue weighted by Gasteiger charge is 2.28. The van der Waals surface area contributed by atoms with Crippen molar-refractivity contribution < 1.29 is 19.0 Å². The molecule has 158 valence electrons. The van der Waals surface area contributed by atoms with Gasteiger partial charge in [-0.25, -0.2) is 9.97 Å². The third-order valence-corrected chi connectivity index (χ3v) is 4.46. The van der Waals surface area contributed by atoms with Gasteiger partial charge in [0.15, 0.2) is 0 Å². The van der Waals surface area contributed by atoms with Crippen molar-refractivity contribution in [2.24, 2.45) is 0 Å². The molecule has 1 aliphatic rings. The Labute approximate surface area is 174 Å². The van der Waals surface area contributed by atoms with Crippen LogP contribution in [0.15, 0.2) is 54.2 Å². The average molecular weight is 412 g/mol. The van der Waals surface area contributed by atoms with Crippen LogP contribution >= 0.6 is 0 Å². The van der Waals surface area contributed by atoms with Crippen LogP contribution in [-0.2, 0) is 14.2 Å². The summed E-state index contributed by atoms with van der Waals surface area (Å²) in [5.74, 6) is 0.998. The fraction of sp³-hybridized carbons (Fsp3) is 0.300. The summed E-state index contributed by atoms with van der Waals surface area (Å²) in [6.07, 6.45) is 4.34. The van der Waals surface area contributed by atoms with Crippen LogP contribution in [-0.4, -0.2) is 61.4 Å². The number of ether oxygens (including phenoxy) is 3. The standard InChI is InChI=1S/C20H24N6O4/c1-21-18(27)13-7-5-6-8-14(13)25-20-23-11-22-19(26-20)24-12-9-15(28-2)17(30-4)16(10-12)29-3/h5-11,15,17H,1-4H3,(H,21,27)(H2,22,23,24,25,26). The lowest BCUT2D eigenvalue weighted by molar-refractivity contribution is -0.0189. The number of allylic oxidation sites excluding steroid dienone is 1. The SMILES string of the molecule is CNC(=O)c1ccccc1Nc1ncnc(NC2=CC(OC)C(OC)C(OC)=C2)n1. The van der Waals surface area contributed by atoms with Crippen LogP contribution in [0.5, 0.6) is 0 Å². The molecule has 3 N–H and O–H groups in total. The predicted molar refractivity (Wildman–Crippen MR) is 111 cm³/mol. The number of carbonyl (C=O) groups is 1. The zero-order chi connectivity index (χ0) is 21.5. The van der Waals surface area contributed by atoms with Gasteiger partial charge in [-0.3, -0.25) is 4.79 Å². The highest BCUT2D eigenvalue weighted by Crippen LogP contribution is 2.24. The summed E-state index contributed by atoms with van der Waals surface area (Å²) in [5.41, 5.74) is 1.75. The molecule has 2 atom stereocenters. The number of nitrogens with zero attached hydrogens (tertiary/aromatic N) is 3. The number of amides is 1. The Morgan fingerprint density at radius 2 is 1.77 bits per heavy atom. The van der Waals surface area contributed by atoms with E-state index in [0.717, 1.165) is 0 Å². The first-order chi connectivity index (χ1) is 14.6. The van der Waals surface area contributed by atoms with E-state index < -0.39 is 0 Å². The molecule has 30 heavy (non-hydrogen) atoms. The van der Waals surface area contributed by atoms with Crippen molar-refractivity contribution in [2.75, 3.05) is 39.0 Å². The van der Waals surface area contributed by atoms with Gasteiger partial charge in [-0.1, -0.05) is 12.1 Å². The second-order valence-electron chi connectivity index (χ2n) is 6.24. The number of benzene rings is 1. The van der Waals surface area contributed by atoms with Crippen LogP contribution < -0.4 is 16.0 Å². The van der Waals surface area contributed by atoms with Crippen LogP contribution in [0.25, 0.3) is 0 Å². The Kier molecular flexibility index (Phi) is 6.94. The summed E-state index contributed by atoms with van der Waals surface area (Å²) in [5, 5.41) is 8.78. The molecular weight excluding hydrogens is 388 g/mol. The summed E-state index contributed by atoms with van der Waals surface area (Å²) in [7, 11) is 6.34. The van der Waals surface area contributed by atoms with Crippen molar-refractivity contribution in [2.45, 2.75) is 12.2 Å². The second-order valence-corrected chi connectivity index (χ2v) is 6.24. The van der Waals surface area contributed by atoms with Gasteiger partial charge in [0.25, 0.3) is 5.91 Å². The summed E-state index contributed by atoms with van der Waals surface area (Å²) in [6, 6.07) is 7.08. The summed E-state index contributed by atoms with van der Waals surface area (Å²) in [4.78, 5) is 24.7. The number of nitrogens with one attached hydrogen (secondary N) is 3. The molecule has 1 aliphatic carbocycles. The van der Waals surface area contributed by atoms with Crippen LogP contribution in [0.3, 0.4) is 0 Å². The molecule has 0 bridgehead atoms. The molecule has 0 saturated carbocycles. The van der Waals surface area contributed by atoms with Crippen LogP contribution in [0.2, 0.25) is 0 Å². The minimum Gasteiger partial charge on any atom is -0.498 e. The number of hydrogen-bond acceptors (Lipinski definition) is 9. The van der Waals surface area contributed by atoms with E-state index in [1.54, 1.807) is 52.7 Å². The fourth-order valence-corrected chi connectivity index (χ4v) is 3.00. The first kappa shape index (κ1) is 21.2. The van der Waals surface area contributed by atoms with Gasteiger partial charge in [0.05, 0.1) is 18.4 Å². The zero-order valence-corrected chi connectivity index (χ0v) is 17.2. The minimum atomic E-state index is -0.345. The van der Waals surface area contributed by atoms with Crippen molar-refractivity contribution in [3.8, 4) is 0 Å². The number of hydrogen-bond donors (Lipinski definition) is 3. The van der Waals surface area contributed by atoms with Crippen molar-refractivity contribution >= 4 is 23.5 Å².